The minimum absolute atomic E-state index is 0.0262. The number of halogens is 2. The van der Waals surface area contributed by atoms with E-state index in [1.165, 1.54) is 55.5 Å². The maximum Gasteiger partial charge on any atom is 0.279 e. The molecule has 7 nitrogen and oxygen atoms in total. The summed E-state index contributed by atoms with van der Waals surface area (Å²) in [6.07, 6.45) is 0.248. The fourth-order valence-electron chi connectivity index (χ4n) is 3.51. The first kappa shape index (κ1) is 24.2. The number of hydrogen-bond donors (Lipinski definition) is 1. The van der Waals surface area contributed by atoms with Crippen LogP contribution in [0.25, 0.3) is 0 Å². The topological polar surface area (TPSA) is 95.9 Å². The van der Waals surface area contributed by atoms with E-state index in [0.29, 0.717) is 27.5 Å². The van der Waals surface area contributed by atoms with Crippen LogP contribution in [0.2, 0.25) is 5.02 Å². The van der Waals surface area contributed by atoms with Crippen LogP contribution in [0.4, 0.5) is 10.1 Å². The molecule has 1 heterocycles. The van der Waals surface area contributed by atoms with Gasteiger partial charge in [0.2, 0.25) is 10.0 Å². The molecule has 178 valence electrons. The van der Waals surface area contributed by atoms with Crippen LogP contribution in [-0.4, -0.2) is 32.7 Å². The van der Waals surface area contributed by atoms with Crippen molar-refractivity contribution in [3.8, 4) is 0 Å². The van der Waals surface area contributed by atoms with Gasteiger partial charge in [0.25, 0.3) is 10.0 Å². The van der Waals surface area contributed by atoms with Gasteiger partial charge in [-0.15, -0.1) is 0 Å². The molecule has 11 heteroatoms. The van der Waals surface area contributed by atoms with Crippen LogP contribution in [-0.2, 0) is 20.0 Å². The van der Waals surface area contributed by atoms with Crippen molar-refractivity contribution in [2.24, 2.45) is 5.10 Å². The van der Waals surface area contributed by atoms with Gasteiger partial charge in [-0.05, 0) is 66.6 Å². The zero-order valence-electron chi connectivity index (χ0n) is 18.0. The van der Waals surface area contributed by atoms with E-state index in [2.05, 4.69) is 9.82 Å². The summed E-state index contributed by atoms with van der Waals surface area (Å²) < 4.78 is 67.5. The summed E-state index contributed by atoms with van der Waals surface area (Å²) in [4.78, 5) is 0.0262. The predicted octanol–water partition coefficient (Wildman–Crippen LogP) is 4.78. The molecule has 0 saturated carbocycles. The van der Waals surface area contributed by atoms with Crippen molar-refractivity contribution in [2.75, 3.05) is 10.5 Å². The standard InChI is InChI=1S/C23H21ClFN3O4S2/c1-2-33(29,30)27-20-11-5-16(6-12-20)22-15-23(17-3-9-19(25)10-4-17)28(26-22)34(31,32)21-13-7-18(24)8-14-21/h3-14,23,27H,2,15H2,1H3/t23-/m1/s1. The van der Waals surface area contributed by atoms with Gasteiger partial charge in [0, 0.05) is 17.1 Å². The molecule has 3 aromatic rings. The highest BCUT2D eigenvalue weighted by molar-refractivity contribution is 7.92. The van der Waals surface area contributed by atoms with E-state index < -0.39 is 31.9 Å². The van der Waals surface area contributed by atoms with Crippen molar-refractivity contribution < 1.29 is 21.2 Å². The highest BCUT2D eigenvalue weighted by Crippen LogP contribution is 2.37. The van der Waals surface area contributed by atoms with Gasteiger partial charge in [-0.2, -0.15) is 17.9 Å². The quantitative estimate of drug-likeness (QED) is 0.484. The number of anilines is 1. The van der Waals surface area contributed by atoms with E-state index in [4.69, 9.17) is 11.6 Å². The van der Waals surface area contributed by atoms with Gasteiger partial charge in [-0.3, -0.25) is 4.72 Å². The van der Waals surface area contributed by atoms with Crippen molar-refractivity contribution >= 4 is 43.0 Å². The molecule has 0 spiro atoms. The van der Waals surface area contributed by atoms with Crippen molar-refractivity contribution in [1.29, 1.82) is 0 Å². The number of hydrazone groups is 1. The summed E-state index contributed by atoms with van der Waals surface area (Å²) in [5, 5.41) is 4.83. The number of nitrogens with one attached hydrogen (secondary N) is 1. The Morgan fingerprint density at radius 3 is 2.18 bits per heavy atom. The third-order valence-corrected chi connectivity index (χ3v) is 8.61. The Morgan fingerprint density at radius 1 is 0.971 bits per heavy atom. The summed E-state index contributed by atoms with van der Waals surface area (Å²) in [7, 11) is -7.46. The predicted molar refractivity (Wildman–Crippen MR) is 130 cm³/mol. The second-order valence-corrected chi connectivity index (χ2v) is 11.9. The molecule has 0 radical (unpaired) electrons. The van der Waals surface area contributed by atoms with Crippen LogP contribution in [0.1, 0.15) is 30.5 Å². The molecule has 0 saturated heterocycles. The summed E-state index contributed by atoms with van der Waals surface area (Å²) in [5.74, 6) is -0.488. The Hall–Kier alpha value is -2.95. The van der Waals surface area contributed by atoms with Crippen molar-refractivity contribution in [3.63, 3.8) is 0 Å². The highest BCUT2D eigenvalue weighted by Gasteiger charge is 2.37. The average molecular weight is 522 g/mol. The van der Waals surface area contributed by atoms with Crippen molar-refractivity contribution in [3.05, 3.63) is 94.8 Å². The molecular weight excluding hydrogens is 501 g/mol. The molecule has 0 amide bonds. The van der Waals surface area contributed by atoms with E-state index >= 15 is 0 Å². The molecule has 4 rings (SSSR count). The smallest absolute Gasteiger partial charge is 0.279 e. The third kappa shape index (κ3) is 5.08. The molecule has 0 unspecified atom stereocenters. The van der Waals surface area contributed by atoms with Gasteiger partial charge in [0.15, 0.2) is 0 Å². The second kappa shape index (κ2) is 9.36. The SMILES string of the molecule is CCS(=O)(=O)Nc1ccc(C2=NN(S(=O)(=O)c3ccc(Cl)cc3)[C@@H](c3ccc(F)cc3)C2)cc1. The molecule has 34 heavy (non-hydrogen) atoms. The van der Waals surface area contributed by atoms with E-state index in [1.807, 2.05) is 0 Å². The molecule has 0 bridgehead atoms. The van der Waals surface area contributed by atoms with E-state index in [9.17, 15) is 21.2 Å². The molecule has 0 aliphatic carbocycles. The lowest BCUT2D eigenvalue weighted by Gasteiger charge is -2.23. The van der Waals surface area contributed by atoms with Gasteiger partial charge in [0.05, 0.1) is 22.4 Å². The number of rotatable bonds is 7. The Morgan fingerprint density at radius 2 is 1.59 bits per heavy atom. The normalized spacial score (nSPS) is 16.4. The van der Waals surface area contributed by atoms with E-state index in [-0.39, 0.29) is 17.1 Å². The molecule has 0 fully saturated rings. The monoisotopic (exact) mass is 521 g/mol. The van der Waals surface area contributed by atoms with Crippen LogP contribution in [0.3, 0.4) is 0 Å². The molecule has 1 N–H and O–H groups in total. The maximum absolute atomic E-state index is 13.5. The summed E-state index contributed by atoms with van der Waals surface area (Å²) in [5.41, 5.74) is 2.12. The molecule has 1 atom stereocenters. The minimum atomic E-state index is -4.04. The number of sulfonamides is 2. The molecule has 1 aliphatic rings. The fourth-order valence-corrected chi connectivity index (χ4v) is 5.71. The number of nitrogens with zero attached hydrogens (tertiary/aromatic N) is 2. The van der Waals surface area contributed by atoms with Gasteiger partial charge >= 0.3 is 0 Å². The Labute approximate surface area is 203 Å². The highest BCUT2D eigenvalue weighted by atomic mass is 35.5. The Kier molecular flexibility index (Phi) is 6.66. The molecule has 1 aliphatic heterocycles. The summed E-state index contributed by atoms with van der Waals surface area (Å²) in [6.45, 7) is 1.54. The minimum Gasteiger partial charge on any atom is -0.284 e. The molecular formula is C23H21ClFN3O4S2. The lowest BCUT2D eigenvalue weighted by Crippen LogP contribution is -2.27. The van der Waals surface area contributed by atoms with Crippen molar-refractivity contribution in [1.82, 2.24) is 4.41 Å². The van der Waals surface area contributed by atoms with Gasteiger partial charge in [0.1, 0.15) is 5.82 Å². The van der Waals surface area contributed by atoms with E-state index in [1.54, 1.807) is 24.3 Å². The molecule has 0 aromatic heterocycles. The van der Waals surface area contributed by atoms with Crippen LogP contribution in [0, 0.1) is 5.82 Å². The lowest BCUT2D eigenvalue weighted by atomic mass is 9.99. The number of hydrogen-bond acceptors (Lipinski definition) is 5. The Balaban J connectivity index is 1.71. The first-order valence-electron chi connectivity index (χ1n) is 10.3. The van der Waals surface area contributed by atoms with E-state index in [0.717, 1.165) is 4.41 Å². The largest absolute Gasteiger partial charge is 0.284 e. The summed E-state index contributed by atoms with van der Waals surface area (Å²) >= 11 is 5.91. The van der Waals surface area contributed by atoms with Gasteiger partial charge in [-0.1, -0.05) is 35.9 Å². The van der Waals surface area contributed by atoms with Gasteiger partial charge in [-0.25, -0.2) is 12.8 Å². The zero-order valence-corrected chi connectivity index (χ0v) is 20.4. The number of benzene rings is 3. The Bertz CT molecular complexity index is 1430. The lowest BCUT2D eigenvalue weighted by molar-refractivity contribution is 0.371. The first-order chi connectivity index (χ1) is 16.1. The summed E-state index contributed by atoms with van der Waals surface area (Å²) in [6, 6.07) is 17.2. The first-order valence-corrected chi connectivity index (χ1v) is 13.8. The average Bonchev–Trinajstić information content (AvgIpc) is 3.26. The molecule has 3 aromatic carbocycles. The van der Waals surface area contributed by atoms with Crippen LogP contribution in [0.5, 0.6) is 0 Å². The van der Waals surface area contributed by atoms with Gasteiger partial charge < -0.3 is 0 Å². The van der Waals surface area contributed by atoms with Crippen LogP contribution < -0.4 is 4.72 Å². The second-order valence-electron chi connectivity index (χ2n) is 7.63. The van der Waals surface area contributed by atoms with Crippen LogP contribution in [0.15, 0.2) is 82.8 Å². The fraction of sp³-hybridized carbons (Fsp3) is 0.174. The zero-order chi connectivity index (χ0) is 24.5. The van der Waals surface area contributed by atoms with Crippen molar-refractivity contribution in [2.45, 2.75) is 24.3 Å². The third-order valence-electron chi connectivity index (χ3n) is 5.36. The van der Waals surface area contributed by atoms with Crippen LogP contribution >= 0.6 is 11.6 Å². The maximum atomic E-state index is 13.5.